The Morgan fingerprint density at radius 3 is 1.13 bits per heavy atom. The molecule has 9 unspecified atom stereocenters. The highest BCUT2D eigenvalue weighted by Crippen LogP contribution is 2.45. The lowest BCUT2D eigenvalue weighted by molar-refractivity contribution is -0.395. The van der Waals surface area contributed by atoms with Crippen LogP contribution in [0.2, 0.25) is 18.1 Å². The van der Waals surface area contributed by atoms with Crippen molar-refractivity contribution in [3.63, 3.8) is 0 Å². The van der Waals surface area contributed by atoms with E-state index >= 15 is 16.8 Å². The monoisotopic (exact) mass is 1880 g/mol. The number of rotatable bonds is 42. The third-order valence-corrected chi connectivity index (χ3v) is 32.4. The highest BCUT2D eigenvalue weighted by molar-refractivity contribution is 7.89. The van der Waals surface area contributed by atoms with Crippen LogP contribution < -0.4 is 14.2 Å². The van der Waals surface area contributed by atoms with Crippen molar-refractivity contribution in [1.82, 2.24) is 9.44 Å². The second-order valence-electron chi connectivity index (χ2n) is 35.5. The van der Waals surface area contributed by atoms with E-state index in [0.29, 0.717) is 16.9 Å². The third-order valence-electron chi connectivity index (χ3n) is 25.0. The van der Waals surface area contributed by atoms with Crippen molar-refractivity contribution in [2.45, 2.75) is 237 Å². The van der Waals surface area contributed by atoms with Gasteiger partial charge in [-0.1, -0.05) is 312 Å². The van der Waals surface area contributed by atoms with E-state index < -0.39 is 169 Å². The summed E-state index contributed by atoms with van der Waals surface area (Å²) in [4.78, 5) is -0.211. The van der Waals surface area contributed by atoms with E-state index in [9.17, 15) is 0 Å². The van der Waals surface area contributed by atoms with Crippen LogP contribution >= 0.6 is 0 Å². The summed E-state index contributed by atoms with van der Waals surface area (Å²) in [6.45, 7) is 11.6. The normalized spacial score (nSPS) is 26.9. The Labute approximate surface area is 787 Å². The maximum atomic E-state index is 16.2. The lowest BCUT2D eigenvalue weighted by Crippen LogP contribution is -2.71. The van der Waals surface area contributed by atoms with Crippen LogP contribution in [0, 0.1) is 0 Å². The van der Waals surface area contributed by atoms with Gasteiger partial charge in [-0.15, -0.1) is 0 Å². The summed E-state index contributed by atoms with van der Waals surface area (Å²) in [7, 11) is -10.9. The molecular formula is C106H120N2O23S2Si. The Bertz CT molecular complexity index is 5580. The number of benzene rings is 11. The second kappa shape index (κ2) is 46.6. The Balaban J connectivity index is 0.861. The largest absolute Gasteiger partial charge is 0.497 e. The quantitative estimate of drug-likeness (QED) is 0.0337. The standard InChI is InChI=1S/C106H120N2O23S2Si/c1-73-91(115-63-75-40-20-9-21-41-75)97(118-66-78-46-26-12-27-47-78)99(120-67-79-48-28-13-29-49-79)104(124-73)123-72-87-93(96(117-65-77-44-24-11-25-45-77)90(103(126-87)131-134(6,7)106(2,3)4)108-133(111,112)85-56-36-17-37-57-85)129-102-89(107-132(109,110)84-54-34-16-35-55-84)95(116-64-76-42-22-10-23-43-76)92(86(125-102)70-114-62-74-38-18-8-19-39-74)130-105-100(121-68-80-50-30-14-31-51-80)98(119-69-81-58-60-83(113-5)61-59-81)94-88(127-105)71-122-101(128-94)82-52-32-15-33-53-82/h8-61,73,86-105,107-108H,62-72H2,1-7H3/t73-,86?,87?,88?,89?,90?,91+,92+,93+,94+,95-,96+,97?,98-,99?,100?,101?,102-,103+,104+,105-/m0/s1. The molecule has 21 atom stereocenters. The highest BCUT2D eigenvalue weighted by Gasteiger charge is 2.60. The molecule has 0 amide bonds. The molecule has 5 saturated heterocycles. The Morgan fingerprint density at radius 1 is 0.343 bits per heavy atom. The van der Waals surface area contributed by atoms with Gasteiger partial charge in [-0.05, 0) is 106 Å². The van der Waals surface area contributed by atoms with Crippen LogP contribution in [0.15, 0.2) is 337 Å². The summed E-state index contributed by atoms with van der Waals surface area (Å²) in [5, 5.41) is -0.529. The van der Waals surface area contributed by atoms with Crippen molar-refractivity contribution in [3.05, 3.63) is 378 Å². The molecule has 16 rings (SSSR count). The zero-order valence-electron chi connectivity index (χ0n) is 76.3. The van der Waals surface area contributed by atoms with Gasteiger partial charge >= 0.3 is 0 Å². The summed E-state index contributed by atoms with van der Waals surface area (Å²) in [5.74, 6) is 0.652. The van der Waals surface area contributed by atoms with Crippen molar-refractivity contribution >= 4 is 28.4 Å². The van der Waals surface area contributed by atoms with Crippen LogP contribution in [0.1, 0.15) is 84.1 Å². The molecule has 0 aliphatic carbocycles. The summed E-state index contributed by atoms with van der Waals surface area (Å²) in [5.41, 5.74) is 7.22. The van der Waals surface area contributed by atoms with Crippen molar-refractivity contribution in [1.29, 1.82) is 0 Å². The van der Waals surface area contributed by atoms with Crippen LogP contribution in [0.25, 0.3) is 0 Å². The van der Waals surface area contributed by atoms with Gasteiger partial charge in [-0.3, -0.25) is 0 Å². The average Bonchev–Trinajstić information content (AvgIpc) is 0.743. The molecule has 708 valence electrons. The molecular weight excluding hydrogens is 1760 g/mol. The molecule has 5 aliphatic rings. The topological polar surface area (TPSA) is 268 Å². The Morgan fingerprint density at radius 2 is 0.694 bits per heavy atom. The minimum Gasteiger partial charge on any atom is -0.497 e. The van der Waals surface area contributed by atoms with Gasteiger partial charge in [0.25, 0.3) is 0 Å². The summed E-state index contributed by atoms with van der Waals surface area (Å²) in [6.07, 6.45) is -23.3. The van der Waals surface area contributed by atoms with Gasteiger partial charge in [0.1, 0.15) is 97.2 Å². The van der Waals surface area contributed by atoms with Crippen molar-refractivity contribution in [2.24, 2.45) is 0 Å². The molecule has 5 aliphatic heterocycles. The summed E-state index contributed by atoms with van der Waals surface area (Å²) in [6, 6.07) is 97.3. The number of nitrogens with one attached hydrogen (secondary N) is 2. The molecule has 0 aromatic heterocycles. The molecule has 28 heteroatoms. The van der Waals surface area contributed by atoms with Gasteiger partial charge in [-0.25, -0.2) is 26.3 Å². The SMILES string of the molecule is COc1ccc(CO[C@@H]2C(OCc3ccccc3)[C@H](O[C@@H]3C(COCc4ccccc4)O[C@@H](O[C@@H]4C(CO[C@@H]5O[C@@H](C)[C@@H](OCc6ccccc6)C(OCc6ccccc6)C5OCc5ccccc5)O[C@H](O[Si](C)(C)C(C)(C)C)C(NS(=O)(=O)c5ccccc5)[C@H]4OCc4ccccc4)C(NS(=O)(=O)c4ccccc4)[C@@H]3OCc3ccccc3)OC3COC(c4ccccc4)O[C@H]32)cc1. The van der Waals surface area contributed by atoms with E-state index in [1.54, 1.807) is 43.5 Å². The fourth-order valence-corrected chi connectivity index (χ4v) is 20.5. The van der Waals surface area contributed by atoms with Crippen LogP contribution in [-0.2, 0) is 158 Å². The van der Waals surface area contributed by atoms with E-state index in [1.807, 2.05) is 287 Å². The minimum atomic E-state index is -4.75. The van der Waals surface area contributed by atoms with Crippen LogP contribution in [0.4, 0.5) is 0 Å². The first kappa shape index (κ1) is 97.6. The summed E-state index contributed by atoms with van der Waals surface area (Å²) < 4.78 is 208. The van der Waals surface area contributed by atoms with Crippen LogP contribution in [0.5, 0.6) is 5.75 Å². The van der Waals surface area contributed by atoms with Gasteiger partial charge in [0, 0.05) is 5.56 Å². The number of methoxy groups -OCH3 is 1. The van der Waals surface area contributed by atoms with Crippen LogP contribution in [0.3, 0.4) is 0 Å². The Hall–Kier alpha value is -9.46. The van der Waals surface area contributed by atoms with E-state index in [4.69, 9.17) is 89.7 Å². The predicted molar refractivity (Wildman–Crippen MR) is 503 cm³/mol. The van der Waals surface area contributed by atoms with Gasteiger partial charge < -0.3 is 89.7 Å². The van der Waals surface area contributed by atoms with E-state index in [1.165, 1.54) is 24.3 Å². The fourth-order valence-electron chi connectivity index (χ4n) is 16.8. The second-order valence-corrected chi connectivity index (χ2v) is 43.7. The lowest BCUT2D eigenvalue weighted by Gasteiger charge is -2.53. The Kier molecular flexibility index (Phi) is 33.9. The van der Waals surface area contributed by atoms with E-state index in [0.717, 1.165) is 38.9 Å². The maximum Gasteiger partial charge on any atom is 0.241 e. The number of fused-ring (bicyclic) bond motifs is 1. The first-order valence-electron chi connectivity index (χ1n) is 45.6. The zero-order chi connectivity index (χ0) is 92.9. The molecule has 25 nitrogen and oxygen atoms in total. The molecule has 2 N–H and O–H groups in total. The minimum absolute atomic E-state index is 0.0161. The highest BCUT2D eigenvalue weighted by atomic mass is 32.2. The van der Waals surface area contributed by atoms with E-state index in [2.05, 4.69) is 30.2 Å². The van der Waals surface area contributed by atoms with Crippen molar-refractivity contribution in [3.8, 4) is 5.75 Å². The first-order chi connectivity index (χ1) is 65.2. The molecule has 11 aromatic rings. The lowest BCUT2D eigenvalue weighted by atomic mass is 9.94. The average molecular weight is 1880 g/mol. The molecule has 11 aromatic carbocycles. The molecule has 134 heavy (non-hydrogen) atoms. The fraction of sp³-hybridized carbons (Fsp3) is 0.377. The third kappa shape index (κ3) is 25.7. The van der Waals surface area contributed by atoms with Gasteiger partial charge in [0.15, 0.2) is 39.8 Å². The number of ether oxygens (including phenoxy) is 18. The molecule has 5 heterocycles. The van der Waals surface area contributed by atoms with Gasteiger partial charge in [-0.2, -0.15) is 0 Å². The predicted octanol–water partition coefficient (Wildman–Crippen LogP) is 16.8. The first-order valence-corrected chi connectivity index (χ1v) is 51.5. The molecule has 0 radical (unpaired) electrons. The summed E-state index contributed by atoms with van der Waals surface area (Å²) >= 11 is 0. The van der Waals surface area contributed by atoms with Gasteiger partial charge in [0.05, 0.1) is 95.7 Å². The van der Waals surface area contributed by atoms with E-state index in [-0.39, 0.29) is 75.9 Å². The molecule has 0 bridgehead atoms. The maximum absolute atomic E-state index is 16.2. The smallest absolute Gasteiger partial charge is 0.241 e. The van der Waals surface area contributed by atoms with Crippen LogP contribution in [-0.4, -0.2) is 175 Å². The zero-order valence-corrected chi connectivity index (χ0v) is 78.9. The molecule has 5 fully saturated rings. The van der Waals surface area contributed by atoms with Crippen molar-refractivity contribution in [2.75, 3.05) is 26.9 Å². The van der Waals surface area contributed by atoms with Crippen molar-refractivity contribution < 1.29 is 107 Å². The number of sulfonamides is 2. The van der Waals surface area contributed by atoms with Gasteiger partial charge in [0.2, 0.25) is 20.0 Å². The number of hydrogen-bond donors (Lipinski definition) is 2. The molecule has 0 saturated carbocycles. The number of hydrogen-bond acceptors (Lipinski definition) is 23. The molecule has 0 spiro atoms.